The van der Waals surface area contributed by atoms with Gasteiger partial charge in [0.05, 0.1) is 5.71 Å². The molecule has 28 heavy (non-hydrogen) atoms. The van der Waals surface area contributed by atoms with Crippen molar-refractivity contribution in [3.05, 3.63) is 94.5 Å². The minimum Gasteiger partial charge on any atom is -0.391 e. The third kappa shape index (κ3) is 4.55. The van der Waals surface area contributed by atoms with Gasteiger partial charge in [-0.2, -0.15) is 0 Å². The van der Waals surface area contributed by atoms with E-state index in [0.717, 1.165) is 40.7 Å². The molecule has 0 heterocycles. The van der Waals surface area contributed by atoms with Crippen LogP contribution in [0.15, 0.2) is 71.9 Å². The molecule has 0 aliphatic rings. The minimum absolute atomic E-state index is 0.417. The van der Waals surface area contributed by atoms with Crippen LogP contribution in [-0.4, -0.2) is 12.0 Å². The molecule has 3 nitrogen and oxygen atoms in total. The van der Waals surface area contributed by atoms with Crippen LogP contribution in [0.1, 0.15) is 46.5 Å². The number of oxime groups is 1. The summed E-state index contributed by atoms with van der Waals surface area (Å²) in [6.07, 6.45) is 1.70. The zero-order valence-corrected chi connectivity index (χ0v) is 16.6. The highest BCUT2D eigenvalue weighted by Crippen LogP contribution is 2.24. The topological polar surface area (TPSA) is 38.7 Å². The predicted molar refractivity (Wildman–Crippen MR) is 115 cm³/mol. The molecule has 0 radical (unpaired) electrons. The van der Waals surface area contributed by atoms with Gasteiger partial charge in [-0.1, -0.05) is 72.7 Å². The normalized spacial score (nSPS) is 11.3. The van der Waals surface area contributed by atoms with Gasteiger partial charge in [0.1, 0.15) is 12.9 Å². The van der Waals surface area contributed by atoms with Crippen LogP contribution < -0.4 is 0 Å². The number of benzene rings is 3. The van der Waals surface area contributed by atoms with Crippen LogP contribution in [0.3, 0.4) is 0 Å². The molecule has 0 atom stereocenters. The van der Waals surface area contributed by atoms with E-state index in [-0.39, 0.29) is 0 Å². The van der Waals surface area contributed by atoms with Crippen molar-refractivity contribution in [3.63, 3.8) is 0 Å². The first-order valence-corrected chi connectivity index (χ1v) is 9.52. The summed E-state index contributed by atoms with van der Waals surface area (Å²) in [5.74, 6) is 0. The van der Waals surface area contributed by atoms with Gasteiger partial charge in [-0.15, -0.1) is 0 Å². The van der Waals surface area contributed by atoms with E-state index in [9.17, 15) is 4.79 Å². The average Bonchev–Trinajstić information content (AvgIpc) is 2.73. The number of carbonyl (C=O) groups is 1. The van der Waals surface area contributed by atoms with Crippen LogP contribution in [0.4, 0.5) is 0 Å². The van der Waals surface area contributed by atoms with E-state index in [1.165, 1.54) is 16.7 Å². The van der Waals surface area contributed by atoms with Gasteiger partial charge in [-0.25, -0.2) is 0 Å². The number of rotatable bonds is 7. The predicted octanol–water partition coefficient (Wildman–Crippen LogP) is 5.98. The maximum absolute atomic E-state index is 11.1. The van der Waals surface area contributed by atoms with Gasteiger partial charge in [0, 0.05) is 5.56 Å². The number of nitrogens with zero attached hydrogens (tertiary/aromatic N) is 1. The monoisotopic (exact) mass is 371 g/mol. The maximum Gasteiger partial charge on any atom is 0.150 e. The van der Waals surface area contributed by atoms with Gasteiger partial charge < -0.3 is 4.84 Å². The summed E-state index contributed by atoms with van der Waals surface area (Å²) in [7, 11) is 0. The first-order valence-electron chi connectivity index (χ1n) is 9.52. The van der Waals surface area contributed by atoms with Crippen molar-refractivity contribution in [1.82, 2.24) is 0 Å². The van der Waals surface area contributed by atoms with Gasteiger partial charge >= 0.3 is 0 Å². The zero-order valence-electron chi connectivity index (χ0n) is 16.6. The highest BCUT2D eigenvalue weighted by atomic mass is 16.6. The smallest absolute Gasteiger partial charge is 0.150 e. The minimum atomic E-state index is 0.417. The Morgan fingerprint density at radius 1 is 1.04 bits per heavy atom. The molecule has 3 aromatic rings. The number of aryl methyl sites for hydroxylation is 2. The van der Waals surface area contributed by atoms with Gasteiger partial charge in [-0.3, -0.25) is 4.79 Å². The number of carbonyl (C=O) groups excluding carboxylic acids is 1. The molecule has 0 saturated carbocycles. The number of hydrogen-bond acceptors (Lipinski definition) is 3. The van der Waals surface area contributed by atoms with Crippen LogP contribution in [0, 0.1) is 6.92 Å². The summed E-state index contributed by atoms with van der Waals surface area (Å²) >= 11 is 0. The Kier molecular flexibility index (Phi) is 6.38. The lowest BCUT2D eigenvalue weighted by molar-refractivity contribution is 0.112. The Morgan fingerprint density at radius 2 is 1.82 bits per heavy atom. The Balaban J connectivity index is 1.69. The quantitative estimate of drug-likeness (QED) is 0.291. The van der Waals surface area contributed by atoms with Crippen molar-refractivity contribution in [2.45, 2.75) is 33.8 Å². The largest absolute Gasteiger partial charge is 0.391 e. The SMILES string of the molecule is CCc1cc(/C(C)=N/OCc2ccc(-c3ccccc3)c(C)c2)ccc1C=O. The van der Waals surface area contributed by atoms with Crippen molar-refractivity contribution in [3.8, 4) is 11.1 Å². The first kappa shape index (κ1) is 19.6. The van der Waals surface area contributed by atoms with E-state index in [1.54, 1.807) is 0 Å². The molecule has 3 aromatic carbocycles. The van der Waals surface area contributed by atoms with E-state index in [1.807, 2.05) is 38.1 Å². The van der Waals surface area contributed by atoms with Crippen molar-refractivity contribution < 1.29 is 9.63 Å². The lowest BCUT2D eigenvalue weighted by Crippen LogP contribution is -2.00. The Hall–Kier alpha value is -3.20. The molecule has 0 aliphatic heterocycles. The molecule has 0 fully saturated rings. The molecule has 0 N–H and O–H groups in total. The third-order valence-corrected chi connectivity index (χ3v) is 4.88. The average molecular weight is 371 g/mol. The molecule has 0 bridgehead atoms. The summed E-state index contributed by atoms with van der Waals surface area (Å²) in [5, 5.41) is 4.26. The number of hydrogen-bond donors (Lipinski definition) is 0. The zero-order chi connectivity index (χ0) is 19.9. The summed E-state index contributed by atoms with van der Waals surface area (Å²) in [6.45, 7) is 6.48. The van der Waals surface area contributed by atoms with Crippen molar-refractivity contribution in [2.75, 3.05) is 0 Å². The Morgan fingerprint density at radius 3 is 2.50 bits per heavy atom. The second kappa shape index (κ2) is 9.14. The van der Waals surface area contributed by atoms with Gasteiger partial charge in [0.2, 0.25) is 0 Å². The molecule has 3 heteroatoms. The van der Waals surface area contributed by atoms with Crippen LogP contribution >= 0.6 is 0 Å². The van der Waals surface area contributed by atoms with E-state index in [2.05, 4.69) is 54.5 Å². The van der Waals surface area contributed by atoms with Crippen LogP contribution in [0.2, 0.25) is 0 Å². The van der Waals surface area contributed by atoms with Gasteiger partial charge in [-0.05, 0) is 59.7 Å². The first-order chi connectivity index (χ1) is 13.6. The Bertz CT molecular complexity index is 991. The van der Waals surface area contributed by atoms with E-state index in [0.29, 0.717) is 6.61 Å². The van der Waals surface area contributed by atoms with Gasteiger partial charge in [0.15, 0.2) is 0 Å². The second-order valence-corrected chi connectivity index (χ2v) is 6.85. The lowest BCUT2D eigenvalue weighted by Gasteiger charge is -2.09. The molecule has 0 amide bonds. The molecular weight excluding hydrogens is 346 g/mol. The highest BCUT2D eigenvalue weighted by molar-refractivity contribution is 5.99. The van der Waals surface area contributed by atoms with E-state index < -0.39 is 0 Å². The lowest BCUT2D eigenvalue weighted by atomic mass is 9.99. The number of aldehydes is 1. The molecule has 0 saturated heterocycles. The third-order valence-electron chi connectivity index (χ3n) is 4.88. The highest BCUT2D eigenvalue weighted by Gasteiger charge is 2.06. The summed E-state index contributed by atoms with van der Waals surface area (Å²) in [6, 6.07) is 22.5. The van der Waals surface area contributed by atoms with Crippen LogP contribution in [0.5, 0.6) is 0 Å². The van der Waals surface area contributed by atoms with Gasteiger partial charge in [0.25, 0.3) is 0 Å². The summed E-state index contributed by atoms with van der Waals surface area (Å²) in [5.41, 5.74) is 8.26. The summed E-state index contributed by atoms with van der Waals surface area (Å²) < 4.78 is 0. The molecule has 0 unspecified atom stereocenters. The Labute approximate surface area is 166 Å². The molecule has 0 aromatic heterocycles. The fraction of sp³-hybridized carbons (Fsp3) is 0.200. The van der Waals surface area contributed by atoms with Crippen molar-refractivity contribution >= 4 is 12.0 Å². The molecule has 0 aliphatic carbocycles. The van der Waals surface area contributed by atoms with E-state index in [4.69, 9.17) is 4.84 Å². The molecule has 142 valence electrons. The standard InChI is InChI=1S/C25H25NO2/c1-4-21-15-23(11-12-24(21)16-27)19(3)26-28-17-20-10-13-25(18(2)14-20)22-8-6-5-7-9-22/h5-16H,4,17H2,1-3H3/b26-19+. The van der Waals surface area contributed by atoms with Crippen LogP contribution in [-0.2, 0) is 17.9 Å². The fourth-order valence-corrected chi connectivity index (χ4v) is 3.27. The van der Waals surface area contributed by atoms with Crippen molar-refractivity contribution in [1.29, 1.82) is 0 Å². The maximum atomic E-state index is 11.1. The fourth-order valence-electron chi connectivity index (χ4n) is 3.27. The van der Waals surface area contributed by atoms with Crippen molar-refractivity contribution in [2.24, 2.45) is 5.16 Å². The molecule has 3 rings (SSSR count). The van der Waals surface area contributed by atoms with Crippen LogP contribution in [0.25, 0.3) is 11.1 Å². The van der Waals surface area contributed by atoms with E-state index >= 15 is 0 Å². The summed E-state index contributed by atoms with van der Waals surface area (Å²) in [4.78, 5) is 16.7. The molecule has 0 spiro atoms. The molecular formula is C25H25NO2. The second-order valence-electron chi connectivity index (χ2n) is 6.85.